The van der Waals surface area contributed by atoms with Crippen molar-refractivity contribution in [3.63, 3.8) is 0 Å². The molecule has 1 aromatic carbocycles. The number of ether oxygens (including phenoxy) is 3. The Morgan fingerprint density at radius 2 is 1.72 bits per heavy atom. The molecule has 0 radical (unpaired) electrons. The lowest BCUT2D eigenvalue weighted by atomic mass is 9.98. The van der Waals surface area contributed by atoms with E-state index in [9.17, 15) is 14.4 Å². The Bertz CT molecular complexity index is 778. The van der Waals surface area contributed by atoms with Gasteiger partial charge >= 0.3 is 6.03 Å². The molecule has 1 heterocycles. The molecule has 1 aromatic rings. The Morgan fingerprint density at radius 1 is 1.10 bits per heavy atom. The van der Waals surface area contributed by atoms with Crippen molar-refractivity contribution in [1.29, 1.82) is 0 Å². The van der Waals surface area contributed by atoms with Crippen LogP contribution in [0.2, 0.25) is 0 Å². The van der Waals surface area contributed by atoms with Gasteiger partial charge in [-0.25, -0.2) is 4.79 Å². The van der Waals surface area contributed by atoms with E-state index in [4.69, 9.17) is 14.2 Å². The summed E-state index contributed by atoms with van der Waals surface area (Å²) in [6.45, 7) is 0.313. The van der Waals surface area contributed by atoms with E-state index in [-0.39, 0.29) is 31.3 Å². The number of benzene rings is 1. The molecular formula is C20H27N3O6. The van der Waals surface area contributed by atoms with Gasteiger partial charge in [0.15, 0.2) is 11.5 Å². The van der Waals surface area contributed by atoms with Gasteiger partial charge in [0.05, 0.1) is 21.3 Å². The number of amides is 4. The van der Waals surface area contributed by atoms with Gasteiger partial charge < -0.3 is 24.8 Å². The van der Waals surface area contributed by atoms with E-state index in [0.29, 0.717) is 30.1 Å². The minimum Gasteiger partial charge on any atom is -0.493 e. The number of hydrogen-bond donors (Lipinski definition) is 2. The number of carbonyl (C=O) groups is 3. The summed E-state index contributed by atoms with van der Waals surface area (Å²) < 4.78 is 15.9. The first-order chi connectivity index (χ1) is 13.9. The van der Waals surface area contributed by atoms with E-state index in [1.165, 1.54) is 21.3 Å². The molecule has 0 bridgehead atoms. The first-order valence-corrected chi connectivity index (χ1v) is 9.64. The van der Waals surface area contributed by atoms with Gasteiger partial charge in [0.25, 0.3) is 5.91 Å². The molecule has 9 nitrogen and oxygen atoms in total. The maximum Gasteiger partial charge on any atom is 0.325 e. The van der Waals surface area contributed by atoms with E-state index >= 15 is 0 Å². The van der Waals surface area contributed by atoms with Crippen molar-refractivity contribution in [2.75, 3.05) is 27.9 Å². The molecule has 2 N–H and O–H groups in total. The fraction of sp³-hybridized carbons (Fsp3) is 0.550. The molecule has 158 valence electrons. The van der Waals surface area contributed by atoms with Crippen LogP contribution in [-0.4, -0.2) is 56.2 Å². The molecule has 29 heavy (non-hydrogen) atoms. The van der Waals surface area contributed by atoms with Gasteiger partial charge in [-0.3, -0.25) is 14.5 Å². The third-order valence-electron chi connectivity index (χ3n) is 5.48. The Morgan fingerprint density at radius 3 is 2.28 bits per heavy atom. The largest absolute Gasteiger partial charge is 0.493 e. The summed E-state index contributed by atoms with van der Waals surface area (Å²) in [5, 5.41) is 5.61. The highest BCUT2D eigenvalue weighted by atomic mass is 16.5. The number of imide groups is 1. The van der Waals surface area contributed by atoms with Gasteiger partial charge in [-0.15, -0.1) is 0 Å². The standard InChI is InChI=1S/C20H27N3O6/c1-27-14-10-13(11-15(28-2)17(14)29-3)12-21-16(24)6-9-23-18(25)20(22-19(23)26)7-4-5-8-20/h10-11H,4-9,12H2,1-3H3,(H,21,24)(H,22,26). The second-order valence-corrected chi connectivity index (χ2v) is 7.24. The highest BCUT2D eigenvalue weighted by Crippen LogP contribution is 2.38. The minimum atomic E-state index is -0.746. The molecule has 1 spiro atoms. The van der Waals surface area contributed by atoms with Crippen LogP contribution >= 0.6 is 0 Å². The second-order valence-electron chi connectivity index (χ2n) is 7.24. The molecule has 2 fully saturated rings. The minimum absolute atomic E-state index is 0.0413. The first kappa shape index (κ1) is 20.8. The Labute approximate surface area is 169 Å². The lowest BCUT2D eigenvalue weighted by Gasteiger charge is -2.20. The molecule has 2 aliphatic rings. The highest BCUT2D eigenvalue weighted by molar-refractivity contribution is 6.07. The molecule has 1 saturated heterocycles. The number of hydrogen-bond acceptors (Lipinski definition) is 6. The summed E-state index contributed by atoms with van der Waals surface area (Å²) in [5.41, 5.74) is 0.0248. The number of nitrogens with one attached hydrogen (secondary N) is 2. The number of nitrogens with zero attached hydrogens (tertiary/aromatic N) is 1. The van der Waals surface area contributed by atoms with Crippen molar-refractivity contribution in [2.45, 2.75) is 44.2 Å². The van der Waals surface area contributed by atoms with Crippen LogP contribution in [0.5, 0.6) is 17.2 Å². The molecule has 9 heteroatoms. The van der Waals surface area contributed by atoms with Crippen molar-refractivity contribution < 1.29 is 28.6 Å². The number of rotatable bonds is 8. The predicted octanol–water partition coefficient (Wildman–Crippen LogP) is 1.58. The molecule has 1 saturated carbocycles. The normalized spacial score (nSPS) is 17.4. The zero-order valence-corrected chi connectivity index (χ0v) is 17.0. The summed E-state index contributed by atoms with van der Waals surface area (Å²) in [4.78, 5) is 38.2. The summed E-state index contributed by atoms with van der Waals surface area (Å²) >= 11 is 0. The van der Waals surface area contributed by atoms with E-state index in [1.807, 2.05) is 0 Å². The maximum absolute atomic E-state index is 12.6. The zero-order chi connectivity index (χ0) is 21.0. The van der Waals surface area contributed by atoms with Gasteiger partial charge in [-0.2, -0.15) is 0 Å². The van der Waals surface area contributed by atoms with Crippen LogP contribution in [0.25, 0.3) is 0 Å². The van der Waals surface area contributed by atoms with Gasteiger partial charge in [0, 0.05) is 19.5 Å². The molecule has 3 rings (SSSR count). The highest BCUT2D eigenvalue weighted by Gasteiger charge is 2.52. The van der Waals surface area contributed by atoms with Crippen LogP contribution < -0.4 is 24.8 Å². The summed E-state index contributed by atoms with van der Waals surface area (Å²) in [7, 11) is 4.57. The fourth-order valence-corrected chi connectivity index (χ4v) is 3.94. The van der Waals surface area contributed by atoms with E-state index in [0.717, 1.165) is 23.3 Å². The average Bonchev–Trinajstić information content (AvgIpc) is 3.28. The first-order valence-electron chi connectivity index (χ1n) is 9.64. The third kappa shape index (κ3) is 4.08. The predicted molar refractivity (Wildman–Crippen MR) is 104 cm³/mol. The summed E-state index contributed by atoms with van der Waals surface area (Å²) in [5.74, 6) is 1.00. The van der Waals surface area contributed by atoms with Crippen LogP contribution in [0.3, 0.4) is 0 Å². The molecule has 0 aromatic heterocycles. The van der Waals surface area contributed by atoms with Crippen molar-refractivity contribution in [3.05, 3.63) is 17.7 Å². The number of carbonyl (C=O) groups excluding carboxylic acids is 3. The Balaban J connectivity index is 1.55. The van der Waals surface area contributed by atoms with Gasteiger partial charge in [-0.1, -0.05) is 12.8 Å². The Hall–Kier alpha value is -2.97. The summed E-state index contributed by atoms with van der Waals surface area (Å²) in [6, 6.07) is 3.10. The van der Waals surface area contributed by atoms with Crippen LogP contribution in [0.4, 0.5) is 4.79 Å². The van der Waals surface area contributed by atoms with Crippen LogP contribution in [0.1, 0.15) is 37.7 Å². The smallest absolute Gasteiger partial charge is 0.325 e. The summed E-state index contributed by atoms with van der Waals surface area (Å²) in [6.07, 6.45) is 3.23. The lowest BCUT2D eigenvalue weighted by Crippen LogP contribution is -2.44. The molecule has 4 amide bonds. The monoisotopic (exact) mass is 405 g/mol. The number of methoxy groups -OCH3 is 3. The molecular weight excluding hydrogens is 378 g/mol. The van der Waals surface area contributed by atoms with Crippen molar-refractivity contribution in [3.8, 4) is 17.2 Å². The van der Waals surface area contributed by atoms with Gasteiger partial charge in [0.2, 0.25) is 11.7 Å². The van der Waals surface area contributed by atoms with Crippen molar-refractivity contribution in [2.24, 2.45) is 0 Å². The fourth-order valence-electron chi connectivity index (χ4n) is 3.94. The van der Waals surface area contributed by atoms with Gasteiger partial charge in [0.1, 0.15) is 5.54 Å². The molecule has 1 aliphatic heterocycles. The van der Waals surface area contributed by atoms with Gasteiger partial charge in [-0.05, 0) is 30.5 Å². The van der Waals surface area contributed by atoms with Crippen molar-refractivity contribution >= 4 is 17.8 Å². The quantitative estimate of drug-likeness (QED) is 0.636. The van der Waals surface area contributed by atoms with E-state index < -0.39 is 11.6 Å². The average molecular weight is 405 g/mol. The molecule has 1 aliphatic carbocycles. The Kier molecular flexibility index (Phi) is 6.14. The number of urea groups is 1. The molecule has 0 unspecified atom stereocenters. The van der Waals surface area contributed by atoms with Crippen LogP contribution in [0, 0.1) is 0 Å². The lowest BCUT2D eigenvalue weighted by molar-refractivity contribution is -0.131. The SMILES string of the molecule is COc1cc(CNC(=O)CCN2C(=O)NC3(CCCC3)C2=O)cc(OC)c1OC. The topological polar surface area (TPSA) is 106 Å². The molecule has 0 atom stereocenters. The van der Waals surface area contributed by atoms with E-state index in [1.54, 1.807) is 12.1 Å². The second kappa shape index (κ2) is 8.59. The van der Waals surface area contributed by atoms with Crippen LogP contribution in [0.15, 0.2) is 12.1 Å². The maximum atomic E-state index is 12.6. The van der Waals surface area contributed by atoms with Crippen LogP contribution in [-0.2, 0) is 16.1 Å². The zero-order valence-electron chi connectivity index (χ0n) is 17.0. The van der Waals surface area contributed by atoms with Crippen molar-refractivity contribution in [1.82, 2.24) is 15.5 Å². The van der Waals surface area contributed by atoms with E-state index in [2.05, 4.69) is 10.6 Å². The third-order valence-corrected chi connectivity index (χ3v) is 5.48.